The van der Waals surface area contributed by atoms with Crippen LogP contribution in [0.3, 0.4) is 0 Å². The van der Waals surface area contributed by atoms with E-state index in [4.69, 9.17) is 5.11 Å². The molecule has 0 aliphatic rings. The molecule has 0 spiro atoms. The van der Waals surface area contributed by atoms with Gasteiger partial charge in [-0.05, 0) is 28.5 Å². The number of carbonyl (C=O) groups excluding carboxylic acids is 1. The molecule has 0 fully saturated rings. The highest BCUT2D eigenvalue weighted by atomic mass is 16.4. The van der Waals surface area contributed by atoms with Gasteiger partial charge in [-0.25, -0.2) is 4.79 Å². The van der Waals surface area contributed by atoms with Crippen molar-refractivity contribution in [2.75, 3.05) is 5.32 Å². The van der Waals surface area contributed by atoms with E-state index in [-0.39, 0.29) is 23.6 Å². The van der Waals surface area contributed by atoms with Gasteiger partial charge < -0.3 is 15.5 Å². The molecule has 120 valence electrons. The van der Waals surface area contributed by atoms with Gasteiger partial charge in [0.05, 0.1) is 6.42 Å². The summed E-state index contributed by atoms with van der Waals surface area (Å²) in [6, 6.07) is 17.5. The van der Waals surface area contributed by atoms with Gasteiger partial charge in [0.2, 0.25) is 5.91 Å². The van der Waals surface area contributed by atoms with Gasteiger partial charge in [0.25, 0.3) is 0 Å². The number of carboxylic acid groups (broad SMARTS) is 1. The first kappa shape index (κ1) is 15.6. The lowest BCUT2D eigenvalue weighted by molar-refractivity contribution is -0.115. The first-order chi connectivity index (χ1) is 11.5. The number of amides is 1. The third kappa shape index (κ3) is 3.20. The van der Waals surface area contributed by atoms with Gasteiger partial charge in [-0.1, -0.05) is 42.5 Å². The molecule has 0 unspecified atom stereocenters. The quantitative estimate of drug-likeness (QED) is 0.687. The Morgan fingerprint density at radius 3 is 2.46 bits per heavy atom. The van der Waals surface area contributed by atoms with Crippen molar-refractivity contribution in [3.63, 3.8) is 0 Å². The molecule has 0 atom stereocenters. The Morgan fingerprint density at radius 1 is 0.958 bits per heavy atom. The lowest BCUT2D eigenvalue weighted by Gasteiger charge is -2.09. The number of aromatic hydroxyl groups is 1. The number of carbonyl (C=O) groups is 2. The van der Waals surface area contributed by atoms with Crippen molar-refractivity contribution in [3.8, 4) is 5.75 Å². The van der Waals surface area contributed by atoms with Crippen LogP contribution in [0, 0.1) is 0 Å². The van der Waals surface area contributed by atoms with Crippen LogP contribution in [0.1, 0.15) is 15.9 Å². The molecule has 0 saturated heterocycles. The number of hydrogen-bond acceptors (Lipinski definition) is 3. The third-order valence-corrected chi connectivity index (χ3v) is 3.74. The molecule has 5 nitrogen and oxygen atoms in total. The molecule has 0 aliphatic heterocycles. The van der Waals surface area contributed by atoms with Crippen LogP contribution < -0.4 is 5.32 Å². The molecule has 3 N–H and O–H groups in total. The van der Waals surface area contributed by atoms with Gasteiger partial charge in [-0.15, -0.1) is 0 Å². The van der Waals surface area contributed by atoms with E-state index in [9.17, 15) is 14.7 Å². The predicted molar refractivity (Wildman–Crippen MR) is 91.3 cm³/mol. The second-order valence-corrected chi connectivity index (χ2v) is 5.40. The van der Waals surface area contributed by atoms with E-state index in [2.05, 4.69) is 5.32 Å². The molecule has 0 heterocycles. The summed E-state index contributed by atoms with van der Waals surface area (Å²) in [6.45, 7) is 0. The molecule has 0 aromatic heterocycles. The first-order valence-electron chi connectivity index (χ1n) is 7.37. The zero-order valence-electron chi connectivity index (χ0n) is 12.7. The SMILES string of the molecule is O=C(Cc1cccc2ccccc12)Nc1ccc(C(=O)O)c(O)c1. The molecule has 1 amide bonds. The van der Waals surface area contributed by atoms with E-state index in [1.165, 1.54) is 18.2 Å². The van der Waals surface area contributed by atoms with Crippen molar-refractivity contribution in [1.29, 1.82) is 0 Å². The average Bonchev–Trinajstić information content (AvgIpc) is 2.55. The maximum absolute atomic E-state index is 12.2. The van der Waals surface area contributed by atoms with E-state index >= 15 is 0 Å². The van der Waals surface area contributed by atoms with Gasteiger partial charge in [0, 0.05) is 11.8 Å². The van der Waals surface area contributed by atoms with E-state index < -0.39 is 5.97 Å². The number of benzene rings is 3. The highest BCUT2D eigenvalue weighted by molar-refractivity contribution is 5.97. The van der Waals surface area contributed by atoms with Crippen molar-refractivity contribution < 1.29 is 19.8 Å². The zero-order chi connectivity index (χ0) is 17.1. The molecule has 5 heteroatoms. The second kappa shape index (κ2) is 6.42. The zero-order valence-corrected chi connectivity index (χ0v) is 12.7. The smallest absolute Gasteiger partial charge is 0.339 e. The van der Waals surface area contributed by atoms with Crippen LogP contribution in [0.4, 0.5) is 5.69 Å². The fourth-order valence-electron chi connectivity index (χ4n) is 2.62. The van der Waals surface area contributed by atoms with Gasteiger partial charge in [-0.2, -0.15) is 0 Å². The predicted octanol–water partition coefficient (Wildman–Crippen LogP) is 3.42. The third-order valence-electron chi connectivity index (χ3n) is 3.74. The van der Waals surface area contributed by atoms with Crippen molar-refractivity contribution in [2.24, 2.45) is 0 Å². The minimum Gasteiger partial charge on any atom is -0.507 e. The number of phenols is 1. The molecule has 3 rings (SSSR count). The van der Waals surface area contributed by atoms with Gasteiger partial charge in [0.1, 0.15) is 11.3 Å². The number of nitrogens with one attached hydrogen (secondary N) is 1. The van der Waals surface area contributed by atoms with Gasteiger partial charge in [0.15, 0.2) is 0 Å². The normalized spacial score (nSPS) is 10.5. The molecular formula is C19H15NO4. The largest absolute Gasteiger partial charge is 0.507 e. The number of rotatable bonds is 4. The Morgan fingerprint density at radius 2 is 1.71 bits per heavy atom. The summed E-state index contributed by atoms with van der Waals surface area (Å²) < 4.78 is 0. The Balaban J connectivity index is 1.78. The molecule has 0 saturated carbocycles. The van der Waals surface area contributed by atoms with Gasteiger partial charge in [-0.3, -0.25) is 4.79 Å². The summed E-state index contributed by atoms with van der Waals surface area (Å²) in [4.78, 5) is 23.1. The van der Waals surface area contributed by atoms with Crippen LogP contribution in [0.5, 0.6) is 5.75 Å². The molecule has 0 bridgehead atoms. The Kier molecular flexibility index (Phi) is 4.16. The number of fused-ring (bicyclic) bond motifs is 1. The Labute approximate surface area is 138 Å². The van der Waals surface area contributed by atoms with E-state index in [0.29, 0.717) is 5.69 Å². The van der Waals surface area contributed by atoms with Crippen LogP contribution >= 0.6 is 0 Å². The number of carboxylic acids is 1. The molecule has 0 radical (unpaired) electrons. The van der Waals surface area contributed by atoms with Crippen molar-refractivity contribution in [3.05, 3.63) is 71.8 Å². The number of aromatic carboxylic acids is 1. The minimum absolute atomic E-state index is 0.183. The van der Waals surface area contributed by atoms with Crippen molar-refractivity contribution in [1.82, 2.24) is 0 Å². The first-order valence-corrected chi connectivity index (χ1v) is 7.37. The van der Waals surface area contributed by atoms with Crippen LogP contribution in [0.15, 0.2) is 60.7 Å². The van der Waals surface area contributed by atoms with E-state index in [1.54, 1.807) is 0 Å². The Bertz CT molecular complexity index is 928. The molecule has 3 aromatic rings. The number of hydrogen-bond donors (Lipinski definition) is 3. The Hall–Kier alpha value is -3.34. The summed E-state index contributed by atoms with van der Waals surface area (Å²) in [5, 5.41) is 23.3. The second-order valence-electron chi connectivity index (χ2n) is 5.40. The highest BCUT2D eigenvalue weighted by Gasteiger charge is 2.12. The maximum Gasteiger partial charge on any atom is 0.339 e. The van der Waals surface area contributed by atoms with Crippen molar-refractivity contribution >= 4 is 28.3 Å². The molecule has 24 heavy (non-hydrogen) atoms. The van der Waals surface area contributed by atoms with Crippen LogP contribution in [0.2, 0.25) is 0 Å². The van der Waals surface area contributed by atoms with Crippen molar-refractivity contribution in [2.45, 2.75) is 6.42 Å². The molecule has 0 aliphatic carbocycles. The summed E-state index contributed by atoms with van der Waals surface area (Å²) in [5.74, 6) is -1.85. The number of anilines is 1. The minimum atomic E-state index is -1.22. The summed E-state index contributed by atoms with van der Waals surface area (Å²) in [5.41, 5.74) is 1.04. The molecule has 3 aromatic carbocycles. The summed E-state index contributed by atoms with van der Waals surface area (Å²) in [7, 11) is 0. The average molecular weight is 321 g/mol. The lowest BCUT2D eigenvalue weighted by Crippen LogP contribution is -2.14. The summed E-state index contributed by atoms with van der Waals surface area (Å²) >= 11 is 0. The lowest BCUT2D eigenvalue weighted by atomic mass is 10.0. The standard InChI is InChI=1S/C19H15NO4/c21-17-11-14(8-9-16(17)19(23)24)20-18(22)10-13-6-3-5-12-4-1-2-7-15(12)13/h1-9,11,21H,10H2,(H,20,22)(H,23,24). The fourth-order valence-corrected chi connectivity index (χ4v) is 2.62. The summed E-state index contributed by atoms with van der Waals surface area (Å²) in [6.07, 6.45) is 0.183. The topological polar surface area (TPSA) is 86.6 Å². The monoisotopic (exact) mass is 321 g/mol. The van der Waals surface area contributed by atoms with E-state index in [0.717, 1.165) is 16.3 Å². The van der Waals surface area contributed by atoms with Crippen LogP contribution in [-0.2, 0) is 11.2 Å². The van der Waals surface area contributed by atoms with Crippen LogP contribution in [-0.4, -0.2) is 22.1 Å². The van der Waals surface area contributed by atoms with E-state index in [1.807, 2.05) is 42.5 Å². The van der Waals surface area contributed by atoms with Gasteiger partial charge >= 0.3 is 5.97 Å². The van der Waals surface area contributed by atoms with Crippen LogP contribution in [0.25, 0.3) is 10.8 Å². The fraction of sp³-hybridized carbons (Fsp3) is 0.0526. The molecular weight excluding hydrogens is 306 g/mol. The highest BCUT2D eigenvalue weighted by Crippen LogP contribution is 2.23. The maximum atomic E-state index is 12.2.